The number of thiazole rings is 1. The standard InChI is InChI=1S/C19H17N3O3S3/c1-2-14-17(18(23)21-15(11-20)16-9-6-10-26-16)27-19(22-14)28(24,25)12-13-7-4-3-5-8-13/h3-10,15H,2,12H2,1H3,(H,21,23). The summed E-state index contributed by atoms with van der Waals surface area (Å²) in [6.07, 6.45) is 0.413. The van der Waals surface area contributed by atoms with Gasteiger partial charge in [0, 0.05) is 4.88 Å². The van der Waals surface area contributed by atoms with Crippen LogP contribution in [0.25, 0.3) is 0 Å². The van der Waals surface area contributed by atoms with Gasteiger partial charge in [-0.15, -0.1) is 11.3 Å². The number of aryl methyl sites for hydroxylation is 1. The first-order valence-corrected chi connectivity index (χ1v) is 11.8. The molecule has 0 fully saturated rings. The van der Waals surface area contributed by atoms with Gasteiger partial charge in [-0.3, -0.25) is 4.79 Å². The second-order valence-electron chi connectivity index (χ2n) is 5.90. The molecule has 0 aliphatic rings. The highest BCUT2D eigenvalue weighted by molar-refractivity contribution is 7.92. The summed E-state index contributed by atoms with van der Waals surface area (Å²) in [6, 6.07) is 13.7. The zero-order valence-electron chi connectivity index (χ0n) is 15.0. The van der Waals surface area contributed by atoms with Gasteiger partial charge in [-0.05, 0) is 23.4 Å². The fourth-order valence-corrected chi connectivity index (χ4v) is 6.00. The number of nitrogens with zero attached hydrogens (tertiary/aromatic N) is 2. The Labute approximate surface area is 171 Å². The van der Waals surface area contributed by atoms with E-state index >= 15 is 0 Å². The first-order chi connectivity index (χ1) is 13.4. The number of nitriles is 1. The van der Waals surface area contributed by atoms with Gasteiger partial charge in [0.2, 0.25) is 14.2 Å². The van der Waals surface area contributed by atoms with Crippen LogP contribution in [0.1, 0.15) is 38.8 Å². The average Bonchev–Trinajstić information content (AvgIpc) is 3.36. The van der Waals surface area contributed by atoms with Gasteiger partial charge in [0.15, 0.2) is 6.04 Å². The van der Waals surface area contributed by atoms with Crippen molar-refractivity contribution in [3.8, 4) is 6.07 Å². The molecule has 0 radical (unpaired) electrons. The predicted molar refractivity (Wildman–Crippen MR) is 109 cm³/mol. The van der Waals surface area contributed by atoms with E-state index < -0.39 is 21.8 Å². The number of nitrogens with one attached hydrogen (secondary N) is 1. The third-order valence-corrected chi connectivity index (χ3v) is 8.09. The molecule has 28 heavy (non-hydrogen) atoms. The average molecular weight is 432 g/mol. The van der Waals surface area contributed by atoms with Crippen molar-refractivity contribution in [2.75, 3.05) is 0 Å². The van der Waals surface area contributed by atoms with Crippen LogP contribution in [-0.4, -0.2) is 19.3 Å². The molecule has 2 aromatic heterocycles. The number of thiophene rings is 1. The van der Waals surface area contributed by atoms with Gasteiger partial charge < -0.3 is 5.32 Å². The van der Waals surface area contributed by atoms with Gasteiger partial charge in [0.25, 0.3) is 5.91 Å². The molecule has 2 heterocycles. The Morgan fingerprint density at radius 1 is 1.25 bits per heavy atom. The van der Waals surface area contributed by atoms with E-state index in [9.17, 15) is 18.5 Å². The fourth-order valence-electron chi connectivity index (χ4n) is 2.55. The Bertz CT molecular complexity index is 1100. The van der Waals surface area contributed by atoms with Crippen molar-refractivity contribution >= 4 is 38.4 Å². The van der Waals surface area contributed by atoms with Crippen LogP contribution in [0.3, 0.4) is 0 Å². The monoisotopic (exact) mass is 431 g/mol. The Hall–Kier alpha value is -2.54. The number of hydrogen-bond acceptors (Lipinski definition) is 7. The van der Waals surface area contributed by atoms with E-state index in [1.165, 1.54) is 11.3 Å². The highest BCUT2D eigenvalue weighted by Gasteiger charge is 2.26. The largest absolute Gasteiger partial charge is 0.331 e. The smallest absolute Gasteiger partial charge is 0.264 e. The van der Waals surface area contributed by atoms with Crippen LogP contribution in [0, 0.1) is 11.3 Å². The maximum Gasteiger partial charge on any atom is 0.264 e. The van der Waals surface area contributed by atoms with E-state index in [0.29, 0.717) is 17.7 Å². The second-order valence-corrected chi connectivity index (χ2v) is 10.0. The topological polar surface area (TPSA) is 99.9 Å². The summed E-state index contributed by atoms with van der Waals surface area (Å²) in [7, 11) is -3.67. The summed E-state index contributed by atoms with van der Waals surface area (Å²) >= 11 is 2.22. The van der Waals surface area contributed by atoms with Crippen molar-refractivity contribution in [1.82, 2.24) is 10.3 Å². The molecule has 0 spiro atoms. The van der Waals surface area contributed by atoms with E-state index in [0.717, 1.165) is 16.2 Å². The minimum atomic E-state index is -3.67. The lowest BCUT2D eigenvalue weighted by atomic mass is 10.2. The van der Waals surface area contributed by atoms with E-state index in [-0.39, 0.29) is 15.0 Å². The van der Waals surface area contributed by atoms with E-state index in [2.05, 4.69) is 16.4 Å². The summed E-state index contributed by atoms with van der Waals surface area (Å²) in [4.78, 5) is 17.9. The van der Waals surface area contributed by atoms with Gasteiger partial charge in [-0.25, -0.2) is 13.4 Å². The van der Waals surface area contributed by atoms with Gasteiger partial charge in [-0.1, -0.05) is 54.7 Å². The zero-order chi connectivity index (χ0) is 20.1. The molecule has 0 aliphatic heterocycles. The number of aromatic nitrogens is 1. The molecule has 1 unspecified atom stereocenters. The summed E-state index contributed by atoms with van der Waals surface area (Å²) in [5.41, 5.74) is 1.07. The minimum absolute atomic E-state index is 0.0806. The van der Waals surface area contributed by atoms with Crippen LogP contribution in [-0.2, 0) is 22.0 Å². The van der Waals surface area contributed by atoms with E-state index in [1.807, 2.05) is 11.4 Å². The Morgan fingerprint density at radius 3 is 2.61 bits per heavy atom. The molecular formula is C19H17N3O3S3. The second kappa shape index (κ2) is 8.65. The van der Waals surface area contributed by atoms with Crippen LogP contribution in [0.2, 0.25) is 0 Å². The molecule has 3 rings (SSSR count). The molecule has 0 saturated carbocycles. The van der Waals surface area contributed by atoms with Crippen LogP contribution < -0.4 is 5.32 Å². The first kappa shape index (κ1) is 20.2. The van der Waals surface area contributed by atoms with Gasteiger partial charge in [0.05, 0.1) is 17.5 Å². The van der Waals surface area contributed by atoms with Crippen molar-refractivity contribution < 1.29 is 13.2 Å². The normalized spacial score (nSPS) is 12.3. The molecule has 0 saturated heterocycles. The highest BCUT2D eigenvalue weighted by atomic mass is 32.2. The molecule has 3 aromatic rings. The fraction of sp³-hybridized carbons (Fsp3) is 0.211. The van der Waals surface area contributed by atoms with Gasteiger partial charge in [0.1, 0.15) is 4.88 Å². The Kier molecular flexibility index (Phi) is 6.24. The van der Waals surface area contributed by atoms with Crippen molar-refractivity contribution in [3.63, 3.8) is 0 Å². The highest BCUT2D eigenvalue weighted by Crippen LogP contribution is 2.27. The summed E-state index contributed by atoms with van der Waals surface area (Å²) < 4.78 is 25.4. The van der Waals surface area contributed by atoms with E-state index in [1.54, 1.807) is 43.3 Å². The van der Waals surface area contributed by atoms with E-state index in [4.69, 9.17) is 0 Å². The summed E-state index contributed by atoms with van der Waals surface area (Å²) in [5.74, 6) is -0.669. The maximum atomic E-state index is 12.7. The molecule has 0 aliphatic carbocycles. The minimum Gasteiger partial charge on any atom is -0.331 e. The van der Waals surface area contributed by atoms with Crippen LogP contribution in [0.15, 0.2) is 52.2 Å². The summed E-state index contributed by atoms with van der Waals surface area (Å²) in [6.45, 7) is 1.81. The quantitative estimate of drug-likeness (QED) is 0.614. The maximum absolute atomic E-state index is 12.7. The molecule has 144 valence electrons. The van der Waals surface area contributed by atoms with Crippen molar-refractivity contribution in [2.45, 2.75) is 29.5 Å². The lowest BCUT2D eigenvalue weighted by Gasteiger charge is -2.09. The molecule has 9 heteroatoms. The van der Waals surface area contributed by atoms with Crippen molar-refractivity contribution in [2.24, 2.45) is 0 Å². The third kappa shape index (κ3) is 4.47. The molecule has 1 amide bonds. The Morgan fingerprint density at radius 2 is 2.00 bits per heavy atom. The molecule has 1 aromatic carbocycles. The van der Waals surface area contributed by atoms with Crippen LogP contribution in [0.5, 0.6) is 0 Å². The number of carbonyl (C=O) groups is 1. The van der Waals surface area contributed by atoms with Crippen LogP contribution >= 0.6 is 22.7 Å². The first-order valence-electron chi connectivity index (χ1n) is 8.45. The molecule has 0 bridgehead atoms. The molecule has 1 atom stereocenters. The zero-order valence-corrected chi connectivity index (χ0v) is 17.4. The Balaban J connectivity index is 1.86. The number of carbonyl (C=O) groups excluding carboxylic acids is 1. The number of sulfone groups is 1. The van der Waals surface area contributed by atoms with Gasteiger partial charge in [-0.2, -0.15) is 5.26 Å². The molecular weight excluding hydrogens is 414 g/mol. The lowest BCUT2D eigenvalue weighted by molar-refractivity contribution is 0.0948. The molecule has 6 nitrogen and oxygen atoms in total. The lowest BCUT2D eigenvalue weighted by Crippen LogP contribution is -2.27. The molecule has 1 N–H and O–H groups in total. The predicted octanol–water partition coefficient (Wildman–Crippen LogP) is 3.74. The summed E-state index contributed by atoms with van der Waals surface area (Å²) in [5, 5.41) is 13.8. The third-order valence-electron chi connectivity index (χ3n) is 3.92. The van der Waals surface area contributed by atoms with Crippen molar-refractivity contribution in [1.29, 1.82) is 5.26 Å². The SMILES string of the molecule is CCc1nc(S(=O)(=O)Cc2ccccc2)sc1C(=O)NC(C#N)c1cccs1. The van der Waals surface area contributed by atoms with Crippen LogP contribution in [0.4, 0.5) is 0 Å². The van der Waals surface area contributed by atoms with Crippen molar-refractivity contribution in [3.05, 3.63) is 68.9 Å². The number of benzene rings is 1. The number of hydrogen-bond donors (Lipinski definition) is 1. The van der Waals surface area contributed by atoms with Gasteiger partial charge >= 0.3 is 0 Å². The number of rotatable bonds is 7. The number of amides is 1.